The molecule has 4 heterocycles. The van der Waals surface area contributed by atoms with Gasteiger partial charge < -0.3 is 28.5 Å². The Morgan fingerprint density at radius 2 is 2.00 bits per heavy atom. The molecule has 9 heteroatoms. The molecule has 1 aromatic heterocycles. The van der Waals surface area contributed by atoms with E-state index < -0.39 is 0 Å². The second-order valence-corrected chi connectivity index (χ2v) is 8.67. The van der Waals surface area contributed by atoms with E-state index in [0.29, 0.717) is 31.2 Å². The van der Waals surface area contributed by atoms with Gasteiger partial charge in [0.1, 0.15) is 23.2 Å². The average molecular weight is 475 g/mol. The Morgan fingerprint density at radius 3 is 2.89 bits per heavy atom. The number of carbonyl (C=O) groups excluding carboxylic acids is 1. The largest absolute Gasteiger partial charge is 0.493 e. The number of benzene rings is 2. The highest BCUT2D eigenvalue weighted by Crippen LogP contribution is 2.38. The van der Waals surface area contributed by atoms with Crippen LogP contribution < -0.4 is 19.6 Å². The van der Waals surface area contributed by atoms with Gasteiger partial charge in [-0.3, -0.25) is 4.79 Å². The van der Waals surface area contributed by atoms with Gasteiger partial charge >= 0.3 is 0 Å². The molecule has 2 aromatic carbocycles. The van der Waals surface area contributed by atoms with E-state index in [0.717, 1.165) is 34.1 Å². The molecule has 2 atom stereocenters. The maximum atomic E-state index is 13.4. The third-order valence-corrected chi connectivity index (χ3v) is 6.50. The first-order chi connectivity index (χ1) is 17.1. The van der Waals surface area contributed by atoms with Crippen LogP contribution in [0.3, 0.4) is 0 Å². The molecule has 0 radical (unpaired) electrons. The Bertz CT molecular complexity index is 1300. The molecule has 1 saturated heterocycles. The van der Waals surface area contributed by atoms with Crippen molar-refractivity contribution in [3.8, 4) is 28.7 Å². The Labute approximate surface area is 202 Å². The summed E-state index contributed by atoms with van der Waals surface area (Å²) >= 11 is 0. The molecular formula is C26H26N4O5. The quantitative estimate of drug-likeness (QED) is 0.575. The molecule has 0 bridgehead atoms. The Kier molecular flexibility index (Phi) is 5.33. The monoisotopic (exact) mass is 474 g/mol. The van der Waals surface area contributed by atoms with Crippen LogP contribution in [0, 0.1) is 6.92 Å². The second kappa shape index (κ2) is 8.66. The first-order valence-corrected chi connectivity index (χ1v) is 11.7. The highest BCUT2D eigenvalue weighted by molar-refractivity contribution is 5.84. The number of aryl methyl sites for hydroxylation is 1. The van der Waals surface area contributed by atoms with E-state index in [1.807, 2.05) is 67.5 Å². The molecule has 3 aliphatic rings. The van der Waals surface area contributed by atoms with Crippen LogP contribution in [0.4, 0.5) is 0 Å². The SMILES string of the molecule is CCOc1ccccc1-c1nc(CN2C=CN3NC(c4ccc5c(c4)OCO5)CC3C2=O)c(C)o1. The fourth-order valence-corrected chi connectivity index (χ4v) is 4.69. The van der Waals surface area contributed by atoms with Crippen LogP contribution in [-0.4, -0.2) is 40.2 Å². The number of carbonyl (C=O) groups is 1. The molecule has 0 saturated carbocycles. The Balaban J connectivity index is 1.18. The van der Waals surface area contributed by atoms with Crippen molar-refractivity contribution in [2.75, 3.05) is 13.4 Å². The number of aromatic nitrogens is 1. The number of nitrogens with zero attached hydrogens (tertiary/aromatic N) is 3. The topological polar surface area (TPSA) is 89.3 Å². The van der Waals surface area contributed by atoms with E-state index in [-0.39, 0.29) is 24.8 Å². The van der Waals surface area contributed by atoms with Gasteiger partial charge in [-0.15, -0.1) is 0 Å². The molecule has 3 aliphatic heterocycles. The lowest BCUT2D eigenvalue weighted by molar-refractivity contribution is -0.135. The molecule has 2 unspecified atom stereocenters. The van der Waals surface area contributed by atoms with Gasteiger partial charge in [0, 0.05) is 12.4 Å². The minimum absolute atomic E-state index is 0.00138. The lowest BCUT2D eigenvalue weighted by atomic mass is 10.0. The highest BCUT2D eigenvalue weighted by Gasteiger charge is 2.40. The Hall–Kier alpha value is -3.98. The van der Waals surface area contributed by atoms with Crippen LogP contribution in [0.25, 0.3) is 11.5 Å². The number of oxazole rings is 1. The number of hydrogen-bond acceptors (Lipinski definition) is 8. The van der Waals surface area contributed by atoms with Crippen LogP contribution in [0.15, 0.2) is 59.3 Å². The van der Waals surface area contributed by atoms with Crippen molar-refractivity contribution < 1.29 is 23.4 Å². The van der Waals surface area contributed by atoms with Crippen LogP contribution in [0.5, 0.6) is 17.2 Å². The minimum atomic E-state index is -0.305. The number of hydrogen-bond donors (Lipinski definition) is 1. The molecule has 0 spiro atoms. The molecular weight excluding hydrogens is 448 g/mol. The maximum absolute atomic E-state index is 13.4. The van der Waals surface area contributed by atoms with E-state index in [9.17, 15) is 4.79 Å². The summed E-state index contributed by atoms with van der Waals surface area (Å²) in [5.74, 6) is 3.39. The summed E-state index contributed by atoms with van der Waals surface area (Å²) in [5.41, 5.74) is 5.99. The van der Waals surface area contributed by atoms with Crippen LogP contribution in [0.2, 0.25) is 0 Å². The van der Waals surface area contributed by atoms with Crippen molar-refractivity contribution in [3.63, 3.8) is 0 Å². The summed E-state index contributed by atoms with van der Waals surface area (Å²) in [6, 6.07) is 13.2. The molecule has 35 heavy (non-hydrogen) atoms. The van der Waals surface area contributed by atoms with E-state index in [1.54, 1.807) is 11.1 Å². The van der Waals surface area contributed by atoms with Gasteiger partial charge in [-0.2, -0.15) is 0 Å². The minimum Gasteiger partial charge on any atom is -0.493 e. The van der Waals surface area contributed by atoms with Crippen molar-refractivity contribution in [3.05, 3.63) is 71.9 Å². The maximum Gasteiger partial charge on any atom is 0.251 e. The zero-order chi connectivity index (χ0) is 23.9. The number of para-hydroxylation sites is 1. The standard InChI is InChI=1S/C26H26N4O5/c1-3-32-22-7-5-4-6-18(22)25-27-20(16(2)35-25)14-29-10-11-30-21(26(29)31)13-19(28-30)17-8-9-23-24(12-17)34-15-33-23/h4-12,19,21,28H,3,13-15H2,1-2H3. The fourth-order valence-electron chi connectivity index (χ4n) is 4.69. The lowest BCUT2D eigenvalue weighted by Gasteiger charge is -2.31. The predicted octanol–water partition coefficient (Wildman–Crippen LogP) is 3.91. The van der Waals surface area contributed by atoms with E-state index in [4.69, 9.17) is 23.6 Å². The van der Waals surface area contributed by atoms with Crippen molar-refractivity contribution in [1.82, 2.24) is 20.3 Å². The van der Waals surface area contributed by atoms with Crippen LogP contribution in [-0.2, 0) is 11.3 Å². The second-order valence-electron chi connectivity index (χ2n) is 8.67. The van der Waals surface area contributed by atoms with Crippen molar-refractivity contribution in [2.45, 2.75) is 38.9 Å². The van der Waals surface area contributed by atoms with Gasteiger partial charge in [-0.25, -0.2) is 10.4 Å². The van der Waals surface area contributed by atoms with Gasteiger partial charge in [0.2, 0.25) is 12.7 Å². The van der Waals surface area contributed by atoms with E-state index >= 15 is 0 Å². The van der Waals surface area contributed by atoms with Gasteiger partial charge in [0.15, 0.2) is 11.5 Å². The zero-order valence-corrected chi connectivity index (χ0v) is 19.6. The van der Waals surface area contributed by atoms with Crippen molar-refractivity contribution >= 4 is 5.91 Å². The van der Waals surface area contributed by atoms with Crippen LogP contribution >= 0.6 is 0 Å². The summed E-state index contributed by atoms with van der Waals surface area (Å²) in [6.45, 7) is 4.93. The molecule has 3 aromatic rings. The van der Waals surface area contributed by atoms with Crippen LogP contribution in [0.1, 0.15) is 36.4 Å². The zero-order valence-electron chi connectivity index (χ0n) is 19.6. The smallest absolute Gasteiger partial charge is 0.251 e. The number of fused-ring (bicyclic) bond motifs is 2. The molecule has 1 N–H and O–H groups in total. The average Bonchev–Trinajstić information content (AvgIpc) is 3.60. The first kappa shape index (κ1) is 21.5. The number of hydrazine groups is 1. The summed E-state index contributed by atoms with van der Waals surface area (Å²) in [4.78, 5) is 19.8. The molecule has 1 fully saturated rings. The van der Waals surface area contributed by atoms with E-state index in [1.165, 1.54) is 0 Å². The Morgan fingerprint density at radius 1 is 1.14 bits per heavy atom. The van der Waals surface area contributed by atoms with Gasteiger partial charge in [-0.1, -0.05) is 18.2 Å². The first-order valence-electron chi connectivity index (χ1n) is 11.7. The third kappa shape index (κ3) is 3.87. The summed E-state index contributed by atoms with van der Waals surface area (Å²) in [7, 11) is 0. The number of amides is 1. The molecule has 1 amide bonds. The third-order valence-electron chi connectivity index (χ3n) is 6.50. The normalized spacial score (nSPS) is 20.5. The molecule has 9 nitrogen and oxygen atoms in total. The molecule has 180 valence electrons. The lowest BCUT2D eigenvalue weighted by Crippen LogP contribution is -2.47. The molecule has 0 aliphatic carbocycles. The number of ether oxygens (including phenoxy) is 3. The van der Waals surface area contributed by atoms with Gasteiger partial charge in [0.05, 0.1) is 24.8 Å². The number of rotatable bonds is 6. The van der Waals surface area contributed by atoms with Gasteiger partial charge in [-0.05, 0) is 50.1 Å². The fraction of sp³-hybridized carbons (Fsp3) is 0.308. The highest BCUT2D eigenvalue weighted by atomic mass is 16.7. The van der Waals surface area contributed by atoms with E-state index in [2.05, 4.69) is 5.43 Å². The van der Waals surface area contributed by atoms with Gasteiger partial charge in [0.25, 0.3) is 5.91 Å². The number of nitrogens with one attached hydrogen (secondary N) is 1. The summed E-state index contributed by atoms with van der Waals surface area (Å²) in [5, 5.41) is 1.88. The predicted molar refractivity (Wildman–Crippen MR) is 126 cm³/mol. The summed E-state index contributed by atoms with van der Waals surface area (Å²) < 4.78 is 22.6. The molecule has 6 rings (SSSR count). The van der Waals surface area contributed by atoms with Crippen molar-refractivity contribution in [1.29, 1.82) is 0 Å². The summed E-state index contributed by atoms with van der Waals surface area (Å²) in [6.07, 6.45) is 4.33. The van der Waals surface area contributed by atoms with Crippen molar-refractivity contribution in [2.24, 2.45) is 0 Å².